The number of nitrogen functional groups attached to an aromatic ring is 1. The van der Waals surface area contributed by atoms with Gasteiger partial charge in [0, 0.05) is 18.8 Å². The van der Waals surface area contributed by atoms with E-state index >= 15 is 0 Å². The van der Waals surface area contributed by atoms with Crippen molar-refractivity contribution in [2.75, 3.05) is 25.4 Å². The zero-order valence-electron chi connectivity index (χ0n) is 12.5. The molecule has 0 aromatic heterocycles. The van der Waals surface area contributed by atoms with Gasteiger partial charge in [-0.05, 0) is 61.8 Å². The highest BCUT2D eigenvalue weighted by Gasteiger charge is 2.31. The minimum absolute atomic E-state index is 0.240. The van der Waals surface area contributed by atoms with Crippen molar-refractivity contribution < 1.29 is 9.53 Å². The average molecular weight is 288 g/mol. The first-order valence-corrected chi connectivity index (χ1v) is 7.97. The van der Waals surface area contributed by atoms with Gasteiger partial charge < -0.3 is 15.4 Å². The summed E-state index contributed by atoms with van der Waals surface area (Å²) in [7, 11) is 0. The summed E-state index contributed by atoms with van der Waals surface area (Å²) >= 11 is 0. The Balaban J connectivity index is 1.43. The molecule has 3 rings (SSSR count). The van der Waals surface area contributed by atoms with Crippen molar-refractivity contribution in [1.82, 2.24) is 4.90 Å². The predicted octanol–water partition coefficient (Wildman–Crippen LogP) is 2.69. The van der Waals surface area contributed by atoms with E-state index in [0.717, 1.165) is 36.4 Å². The second kappa shape index (κ2) is 6.37. The summed E-state index contributed by atoms with van der Waals surface area (Å²) in [5.41, 5.74) is 6.35. The number of benzene rings is 1. The third kappa shape index (κ3) is 4.66. The van der Waals surface area contributed by atoms with Crippen LogP contribution in [0.25, 0.3) is 0 Å². The van der Waals surface area contributed by atoms with Gasteiger partial charge in [0.2, 0.25) is 5.91 Å². The topological polar surface area (TPSA) is 55.6 Å². The van der Waals surface area contributed by atoms with E-state index < -0.39 is 0 Å². The average Bonchev–Trinajstić information content (AvgIpc) is 3.35. The number of nitrogens with two attached hydrogens (primary N) is 1. The number of amides is 1. The minimum atomic E-state index is 0.240. The minimum Gasteiger partial charge on any atom is -0.493 e. The molecule has 2 fully saturated rings. The molecule has 2 aliphatic rings. The van der Waals surface area contributed by atoms with E-state index in [1.54, 1.807) is 0 Å². The standard InChI is InChI=1S/C17H24N2O2/c18-15-5-7-16(8-6-15)21-10-9-17(20)19(11-13-1-2-13)12-14-3-4-14/h5-8,13-14H,1-4,9-12,18H2. The molecule has 2 saturated carbocycles. The Bertz CT molecular complexity index is 464. The third-order valence-electron chi connectivity index (χ3n) is 4.17. The molecule has 21 heavy (non-hydrogen) atoms. The van der Waals surface area contributed by atoms with Gasteiger partial charge in [-0.15, -0.1) is 0 Å². The lowest BCUT2D eigenvalue weighted by Crippen LogP contribution is -2.35. The van der Waals surface area contributed by atoms with Gasteiger partial charge in [-0.25, -0.2) is 0 Å². The van der Waals surface area contributed by atoms with Crippen LogP contribution in [-0.2, 0) is 4.79 Å². The molecule has 0 spiro atoms. The molecule has 0 heterocycles. The smallest absolute Gasteiger partial charge is 0.226 e. The normalized spacial score (nSPS) is 17.5. The lowest BCUT2D eigenvalue weighted by molar-refractivity contribution is -0.132. The first-order valence-electron chi connectivity index (χ1n) is 7.97. The van der Waals surface area contributed by atoms with Crippen LogP contribution in [0.5, 0.6) is 5.75 Å². The summed E-state index contributed by atoms with van der Waals surface area (Å²) in [6, 6.07) is 7.30. The lowest BCUT2D eigenvalue weighted by Gasteiger charge is -2.22. The molecule has 4 heteroatoms. The highest BCUT2D eigenvalue weighted by atomic mass is 16.5. The number of carbonyl (C=O) groups excluding carboxylic acids is 1. The molecule has 0 bridgehead atoms. The van der Waals surface area contributed by atoms with Gasteiger partial charge in [0.25, 0.3) is 0 Å². The molecule has 0 atom stereocenters. The number of ether oxygens (including phenoxy) is 1. The van der Waals surface area contributed by atoms with Crippen LogP contribution in [0, 0.1) is 11.8 Å². The Morgan fingerprint density at radius 3 is 2.19 bits per heavy atom. The first kappa shape index (κ1) is 14.2. The van der Waals surface area contributed by atoms with Gasteiger partial charge in [-0.2, -0.15) is 0 Å². The molecule has 1 amide bonds. The van der Waals surface area contributed by atoms with Crippen molar-refractivity contribution in [1.29, 1.82) is 0 Å². The number of hydrogen-bond donors (Lipinski definition) is 1. The molecule has 114 valence electrons. The van der Waals surface area contributed by atoms with Gasteiger partial charge in [0.05, 0.1) is 13.0 Å². The maximum atomic E-state index is 12.3. The third-order valence-corrected chi connectivity index (χ3v) is 4.17. The van der Waals surface area contributed by atoms with E-state index in [1.165, 1.54) is 25.7 Å². The second-order valence-corrected chi connectivity index (χ2v) is 6.35. The predicted molar refractivity (Wildman–Crippen MR) is 83.0 cm³/mol. The first-order chi connectivity index (χ1) is 10.2. The fourth-order valence-corrected chi connectivity index (χ4v) is 2.48. The van der Waals surface area contributed by atoms with E-state index in [9.17, 15) is 4.79 Å². The second-order valence-electron chi connectivity index (χ2n) is 6.35. The maximum absolute atomic E-state index is 12.3. The molecule has 1 aromatic rings. The Labute approximate surface area is 126 Å². The van der Waals surface area contributed by atoms with Crippen molar-refractivity contribution in [3.8, 4) is 5.75 Å². The van der Waals surface area contributed by atoms with E-state index in [4.69, 9.17) is 10.5 Å². The number of nitrogens with zero attached hydrogens (tertiary/aromatic N) is 1. The zero-order valence-corrected chi connectivity index (χ0v) is 12.5. The molecule has 0 unspecified atom stereocenters. The maximum Gasteiger partial charge on any atom is 0.226 e. The van der Waals surface area contributed by atoms with Crippen LogP contribution in [0.2, 0.25) is 0 Å². The van der Waals surface area contributed by atoms with Crippen LogP contribution in [-0.4, -0.2) is 30.5 Å². The van der Waals surface area contributed by atoms with E-state index in [0.29, 0.717) is 13.0 Å². The van der Waals surface area contributed by atoms with Gasteiger partial charge in [-0.1, -0.05) is 0 Å². The van der Waals surface area contributed by atoms with E-state index in [1.807, 2.05) is 24.3 Å². The summed E-state index contributed by atoms with van der Waals surface area (Å²) in [6.45, 7) is 2.35. The highest BCUT2D eigenvalue weighted by molar-refractivity contribution is 5.76. The molecule has 4 nitrogen and oxygen atoms in total. The van der Waals surface area contributed by atoms with Gasteiger partial charge in [0.1, 0.15) is 5.75 Å². The molecular weight excluding hydrogens is 264 g/mol. The van der Waals surface area contributed by atoms with Crippen LogP contribution >= 0.6 is 0 Å². The molecule has 2 N–H and O–H groups in total. The molecule has 2 aliphatic carbocycles. The number of rotatable bonds is 8. The van der Waals surface area contributed by atoms with E-state index in [-0.39, 0.29) is 5.91 Å². The molecule has 0 radical (unpaired) electrons. The van der Waals surface area contributed by atoms with Crippen molar-refractivity contribution in [3.63, 3.8) is 0 Å². The van der Waals surface area contributed by atoms with Crippen molar-refractivity contribution >= 4 is 11.6 Å². The molecule has 0 aliphatic heterocycles. The monoisotopic (exact) mass is 288 g/mol. The summed E-state index contributed by atoms with van der Waals surface area (Å²) in [5.74, 6) is 2.52. The molecular formula is C17H24N2O2. The van der Waals surface area contributed by atoms with Crippen LogP contribution in [0.15, 0.2) is 24.3 Å². The summed E-state index contributed by atoms with van der Waals surface area (Å²) in [4.78, 5) is 14.4. The van der Waals surface area contributed by atoms with Crippen LogP contribution in [0.4, 0.5) is 5.69 Å². The molecule has 1 aromatic carbocycles. The van der Waals surface area contributed by atoms with Crippen molar-refractivity contribution in [2.45, 2.75) is 32.1 Å². The number of hydrogen-bond acceptors (Lipinski definition) is 3. The van der Waals surface area contributed by atoms with Gasteiger partial charge in [-0.3, -0.25) is 4.79 Å². The summed E-state index contributed by atoms with van der Waals surface area (Å²) in [6.07, 6.45) is 5.61. The fourth-order valence-electron chi connectivity index (χ4n) is 2.48. The summed E-state index contributed by atoms with van der Waals surface area (Å²) < 4.78 is 5.62. The van der Waals surface area contributed by atoms with Crippen LogP contribution in [0.3, 0.4) is 0 Å². The van der Waals surface area contributed by atoms with Crippen molar-refractivity contribution in [3.05, 3.63) is 24.3 Å². The van der Waals surface area contributed by atoms with Crippen LogP contribution in [0.1, 0.15) is 32.1 Å². The largest absolute Gasteiger partial charge is 0.493 e. The Hall–Kier alpha value is -1.71. The van der Waals surface area contributed by atoms with Crippen molar-refractivity contribution in [2.24, 2.45) is 11.8 Å². The Morgan fingerprint density at radius 2 is 1.67 bits per heavy atom. The number of carbonyl (C=O) groups is 1. The SMILES string of the molecule is Nc1ccc(OCCC(=O)N(CC2CC2)CC2CC2)cc1. The van der Waals surface area contributed by atoms with Crippen LogP contribution < -0.4 is 10.5 Å². The zero-order chi connectivity index (χ0) is 14.7. The molecule has 0 saturated heterocycles. The highest BCUT2D eigenvalue weighted by Crippen LogP contribution is 2.33. The number of anilines is 1. The lowest BCUT2D eigenvalue weighted by atomic mass is 10.2. The Morgan fingerprint density at radius 1 is 1.10 bits per heavy atom. The fraction of sp³-hybridized carbons (Fsp3) is 0.588. The Kier molecular flexibility index (Phi) is 4.32. The van der Waals surface area contributed by atoms with E-state index in [2.05, 4.69) is 4.90 Å². The van der Waals surface area contributed by atoms with Gasteiger partial charge >= 0.3 is 0 Å². The summed E-state index contributed by atoms with van der Waals surface area (Å²) in [5, 5.41) is 0. The quantitative estimate of drug-likeness (QED) is 0.748. The van der Waals surface area contributed by atoms with Gasteiger partial charge in [0.15, 0.2) is 0 Å².